The van der Waals surface area contributed by atoms with Gasteiger partial charge in [-0.05, 0) is 44.2 Å². The fraction of sp³-hybridized carbons (Fsp3) is 0.286. The number of nitrogens with one attached hydrogen (secondary N) is 1. The lowest BCUT2D eigenvalue weighted by atomic mass is 10.2. The molecular formula is C21H23N3O7S. The van der Waals surface area contributed by atoms with E-state index in [9.17, 15) is 13.2 Å². The first-order valence-corrected chi connectivity index (χ1v) is 11.0. The summed E-state index contributed by atoms with van der Waals surface area (Å²) >= 11 is 0. The molecule has 0 aliphatic rings. The number of carbonyl (C=O) groups is 1. The van der Waals surface area contributed by atoms with Crippen molar-refractivity contribution in [3.8, 4) is 28.7 Å². The highest BCUT2D eigenvalue weighted by Crippen LogP contribution is 2.41. The third-order valence-electron chi connectivity index (χ3n) is 4.60. The van der Waals surface area contributed by atoms with Crippen LogP contribution in [0.25, 0.3) is 11.5 Å². The molecule has 0 saturated heterocycles. The van der Waals surface area contributed by atoms with Gasteiger partial charge in [0.15, 0.2) is 21.3 Å². The molecule has 32 heavy (non-hydrogen) atoms. The number of aromatic nitrogens is 2. The van der Waals surface area contributed by atoms with E-state index in [4.69, 9.17) is 18.6 Å². The number of amides is 1. The largest absolute Gasteiger partial charge is 0.493 e. The summed E-state index contributed by atoms with van der Waals surface area (Å²) in [5.74, 6) is 0.715. The number of sulfone groups is 1. The van der Waals surface area contributed by atoms with E-state index in [2.05, 4.69) is 15.5 Å². The number of nitrogens with zero attached hydrogens (tertiary/aromatic N) is 2. The third kappa shape index (κ3) is 4.52. The summed E-state index contributed by atoms with van der Waals surface area (Å²) in [5.41, 5.74) is 0.622. The minimum atomic E-state index is -3.52. The highest BCUT2D eigenvalue weighted by molar-refractivity contribution is 7.92. The Labute approximate surface area is 185 Å². The number of carbonyl (C=O) groups excluding carboxylic acids is 1. The molecule has 1 heterocycles. The van der Waals surface area contributed by atoms with Crippen molar-refractivity contribution >= 4 is 21.8 Å². The Morgan fingerprint density at radius 1 is 1.00 bits per heavy atom. The zero-order valence-electron chi connectivity index (χ0n) is 18.2. The normalized spacial score (nSPS) is 11.3. The van der Waals surface area contributed by atoms with Gasteiger partial charge < -0.3 is 18.6 Å². The van der Waals surface area contributed by atoms with Gasteiger partial charge in [0, 0.05) is 11.1 Å². The molecule has 170 valence electrons. The Hall–Kier alpha value is -3.60. The SMILES string of the molecule is COc1cc(-c2nnc(NC(=O)c3cccc(S(=O)(=O)C(C)C)c3)o2)cc(OC)c1OC. The van der Waals surface area contributed by atoms with Crippen LogP contribution in [-0.4, -0.2) is 51.1 Å². The number of ether oxygens (including phenoxy) is 3. The van der Waals surface area contributed by atoms with Crippen LogP contribution in [0.3, 0.4) is 0 Å². The Kier molecular flexibility index (Phi) is 6.68. The summed E-state index contributed by atoms with van der Waals surface area (Å²) in [6.45, 7) is 3.15. The second-order valence-corrected chi connectivity index (χ2v) is 9.41. The van der Waals surface area contributed by atoms with Crippen LogP contribution in [0.2, 0.25) is 0 Å². The second-order valence-electron chi connectivity index (χ2n) is 6.90. The molecule has 0 saturated carbocycles. The van der Waals surface area contributed by atoms with E-state index >= 15 is 0 Å². The van der Waals surface area contributed by atoms with Crippen molar-refractivity contribution in [2.24, 2.45) is 0 Å². The molecule has 0 unspecified atom stereocenters. The summed E-state index contributed by atoms with van der Waals surface area (Å²) in [6.07, 6.45) is 0. The van der Waals surface area contributed by atoms with Crippen LogP contribution in [0.5, 0.6) is 17.2 Å². The van der Waals surface area contributed by atoms with Crippen LogP contribution in [0, 0.1) is 0 Å². The Balaban J connectivity index is 1.86. The average Bonchev–Trinajstić information content (AvgIpc) is 3.26. The van der Waals surface area contributed by atoms with E-state index < -0.39 is 21.0 Å². The van der Waals surface area contributed by atoms with E-state index in [1.165, 1.54) is 45.6 Å². The maximum Gasteiger partial charge on any atom is 0.322 e. The molecule has 1 N–H and O–H groups in total. The molecule has 2 aromatic carbocycles. The molecule has 3 rings (SSSR count). The smallest absolute Gasteiger partial charge is 0.322 e. The monoisotopic (exact) mass is 461 g/mol. The van der Waals surface area contributed by atoms with Crippen LogP contribution in [-0.2, 0) is 9.84 Å². The van der Waals surface area contributed by atoms with Gasteiger partial charge in [-0.2, -0.15) is 0 Å². The minimum Gasteiger partial charge on any atom is -0.493 e. The molecule has 0 aliphatic carbocycles. The predicted molar refractivity (Wildman–Crippen MR) is 116 cm³/mol. The number of methoxy groups -OCH3 is 3. The third-order valence-corrected chi connectivity index (χ3v) is 6.75. The van der Waals surface area contributed by atoms with E-state index in [1.807, 2.05) is 0 Å². The van der Waals surface area contributed by atoms with Gasteiger partial charge in [0.25, 0.3) is 5.91 Å². The molecule has 1 aromatic heterocycles. The van der Waals surface area contributed by atoms with Crippen molar-refractivity contribution in [3.63, 3.8) is 0 Å². The highest BCUT2D eigenvalue weighted by atomic mass is 32.2. The van der Waals surface area contributed by atoms with Crippen molar-refractivity contribution in [1.82, 2.24) is 10.2 Å². The maximum absolute atomic E-state index is 12.6. The van der Waals surface area contributed by atoms with Gasteiger partial charge in [-0.25, -0.2) is 8.42 Å². The summed E-state index contributed by atoms with van der Waals surface area (Å²) in [7, 11) is 0.926. The van der Waals surface area contributed by atoms with Crippen LogP contribution in [0.1, 0.15) is 24.2 Å². The maximum atomic E-state index is 12.6. The molecule has 10 nitrogen and oxygen atoms in total. The first kappa shape index (κ1) is 23.1. The van der Waals surface area contributed by atoms with Crippen molar-refractivity contribution in [3.05, 3.63) is 42.0 Å². The number of rotatable bonds is 8. The zero-order chi connectivity index (χ0) is 23.5. The quantitative estimate of drug-likeness (QED) is 0.537. The van der Waals surface area contributed by atoms with Gasteiger partial charge in [0.05, 0.1) is 31.5 Å². The van der Waals surface area contributed by atoms with Crippen LogP contribution in [0.4, 0.5) is 6.01 Å². The molecule has 0 bridgehead atoms. The molecule has 0 aliphatic heterocycles. The second kappa shape index (κ2) is 9.27. The van der Waals surface area contributed by atoms with Crippen molar-refractivity contribution in [2.45, 2.75) is 24.0 Å². The Morgan fingerprint density at radius 2 is 1.66 bits per heavy atom. The van der Waals surface area contributed by atoms with Crippen molar-refractivity contribution in [1.29, 1.82) is 0 Å². The van der Waals surface area contributed by atoms with Crippen molar-refractivity contribution in [2.75, 3.05) is 26.6 Å². The number of benzene rings is 2. The lowest BCUT2D eigenvalue weighted by Gasteiger charge is -2.12. The van der Waals surface area contributed by atoms with Gasteiger partial charge in [0.2, 0.25) is 11.6 Å². The summed E-state index contributed by atoms with van der Waals surface area (Å²) < 4.78 is 46.2. The molecule has 0 spiro atoms. The molecular weight excluding hydrogens is 438 g/mol. The summed E-state index contributed by atoms with van der Waals surface area (Å²) in [5, 5.41) is 9.63. The first-order chi connectivity index (χ1) is 15.2. The van der Waals surface area contributed by atoms with Crippen LogP contribution in [0.15, 0.2) is 45.7 Å². The number of hydrogen-bond acceptors (Lipinski definition) is 9. The Morgan fingerprint density at radius 3 is 2.22 bits per heavy atom. The summed E-state index contributed by atoms with van der Waals surface area (Å²) in [6, 6.07) is 8.84. The molecule has 0 atom stereocenters. The number of hydrogen-bond donors (Lipinski definition) is 1. The van der Waals surface area contributed by atoms with Gasteiger partial charge in [0.1, 0.15) is 0 Å². The predicted octanol–water partition coefficient (Wildman–Crippen LogP) is 3.20. The van der Waals surface area contributed by atoms with Gasteiger partial charge in [-0.3, -0.25) is 10.1 Å². The lowest BCUT2D eigenvalue weighted by Crippen LogP contribution is -2.16. The molecule has 11 heteroatoms. The lowest BCUT2D eigenvalue weighted by molar-refractivity contribution is 0.102. The standard InChI is InChI=1S/C21H23N3O7S/c1-12(2)32(26,27)15-8-6-7-13(9-15)19(25)22-21-24-23-20(31-21)14-10-16(28-3)18(30-5)17(11-14)29-4/h6-12H,1-5H3,(H,22,24,25). The molecule has 3 aromatic rings. The van der Waals surface area contributed by atoms with Crippen molar-refractivity contribution < 1.29 is 31.8 Å². The van der Waals surface area contributed by atoms with Gasteiger partial charge >= 0.3 is 6.01 Å². The molecule has 0 fully saturated rings. The van der Waals surface area contributed by atoms with Gasteiger partial charge in [-0.15, -0.1) is 5.10 Å². The molecule has 0 radical (unpaired) electrons. The van der Waals surface area contributed by atoms with Gasteiger partial charge in [-0.1, -0.05) is 11.2 Å². The fourth-order valence-electron chi connectivity index (χ4n) is 2.85. The fourth-order valence-corrected chi connectivity index (χ4v) is 3.95. The van der Waals surface area contributed by atoms with E-state index in [0.29, 0.717) is 22.8 Å². The zero-order valence-corrected chi connectivity index (χ0v) is 19.0. The number of anilines is 1. The average molecular weight is 461 g/mol. The topological polar surface area (TPSA) is 130 Å². The highest BCUT2D eigenvalue weighted by Gasteiger charge is 2.22. The van der Waals surface area contributed by atoms with E-state index in [-0.39, 0.29) is 22.4 Å². The van der Waals surface area contributed by atoms with Crippen LogP contribution < -0.4 is 19.5 Å². The van der Waals surface area contributed by atoms with Crippen LogP contribution >= 0.6 is 0 Å². The summed E-state index contributed by atoms with van der Waals surface area (Å²) in [4.78, 5) is 12.7. The Bertz CT molecular complexity index is 1210. The molecule has 1 amide bonds. The van der Waals surface area contributed by atoms with E-state index in [0.717, 1.165) is 0 Å². The minimum absolute atomic E-state index is 0.0591. The van der Waals surface area contributed by atoms with E-state index in [1.54, 1.807) is 26.0 Å². The first-order valence-electron chi connectivity index (χ1n) is 9.50.